The Kier molecular flexibility index (Phi) is 28.8. The first-order valence-corrected chi connectivity index (χ1v) is 30.7. The summed E-state index contributed by atoms with van der Waals surface area (Å²) < 4.78 is 13.7. The molecule has 0 spiro atoms. The van der Waals surface area contributed by atoms with E-state index in [4.69, 9.17) is 4.74 Å². The van der Waals surface area contributed by atoms with Crippen LogP contribution in [0.2, 0.25) is 0 Å². The van der Waals surface area contributed by atoms with Crippen LogP contribution in [-0.4, -0.2) is 91.8 Å². The number of methoxy groups -OCH3 is 1. The standard InChI is InChI=1S/C35H45N8O3.C33H41N7O3/c1-3-36-32-26-34(46)33(25-28(32)2)39-38-30-11-10-18-41(27-30)17-7-4-5-8-19-43-20-9-6-12-35(43)40-37-29-13-15-31(16-14-29)42(21-23-44)22-24-45;1-43-32-17-13-29(14-18-32)34-36-30-9-8-20-38(27-30)19-5-2-3-6-21-40-22-7-4-10-33(40)37-35-28-11-15-31(16-12-28)39(23-25-41)24-26-42/h6,9-16,18,20,25-27,44-45H,3-5,7-8,17,19,21-24H2,1-2H3,(H-,36,38,46);4,7-18,20,22,27,41-42H,2-3,5-6,19,21,23-26H2,1H3/q+1;+2/p+1. The molecular formula is C68H87N15O6+4. The minimum atomic E-state index is 0.0248. The van der Waals surface area contributed by atoms with Gasteiger partial charge in [-0.05, 0) is 171 Å². The molecule has 0 aliphatic carbocycles. The Bertz CT molecular complexity index is 3470. The van der Waals surface area contributed by atoms with Crippen molar-refractivity contribution in [1.82, 2.24) is 0 Å². The number of ether oxygens (including phenoxy) is 1. The van der Waals surface area contributed by atoms with E-state index in [0.717, 1.165) is 153 Å². The molecule has 89 heavy (non-hydrogen) atoms. The van der Waals surface area contributed by atoms with Crippen LogP contribution in [0, 0.1) is 6.92 Å². The second kappa shape index (κ2) is 38.1. The lowest BCUT2D eigenvalue weighted by atomic mass is 10.1. The number of aromatic nitrogens is 4. The van der Waals surface area contributed by atoms with Crippen molar-refractivity contribution in [2.45, 2.75) is 91.4 Å². The maximum atomic E-state index is 10.4. The smallest absolute Gasteiger partial charge is 0.350 e. The van der Waals surface area contributed by atoms with Gasteiger partial charge < -0.3 is 45.4 Å². The summed E-state index contributed by atoms with van der Waals surface area (Å²) >= 11 is 0. The molecule has 0 bridgehead atoms. The zero-order chi connectivity index (χ0) is 62.7. The highest BCUT2D eigenvalue weighted by Crippen LogP contribution is 2.34. The average molecular weight is 1210 g/mol. The molecule has 0 unspecified atom stereocenters. The number of rotatable bonds is 35. The number of aliphatic hydroxyl groups is 4. The molecule has 4 heterocycles. The molecule has 0 aliphatic heterocycles. The highest BCUT2D eigenvalue weighted by atomic mass is 16.5. The molecule has 8 aromatic rings. The third-order valence-corrected chi connectivity index (χ3v) is 14.4. The summed E-state index contributed by atoms with van der Waals surface area (Å²) in [6, 6.07) is 46.0. The van der Waals surface area contributed by atoms with Crippen LogP contribution in [0.5, 0.6) is 11.5 Å². The number of benzene rings is 4. The van der Waals surface area contributed by atoms with Gasteiger partial charge >= 0.3 is 11.6 Å². The summed E-state index contributed by atoms with van der Waals surface area (Å²) in [6.45, 7) is 10.3. The zero-order valence-electron chi connectivity index (χ0n) is 51.6. The largest absolute Gasteiger partial charge is 0.506 e. The van der Waals surface area contributed by atoms with Gasteiger partial charge in [-0.1, -0.05) is 12.1 Å². The summed E-state index contributed by atoms with van der Waals surface area (Å²) in [6.07, 6.45) is 20.9. The van der Waals surface area contributed by atoms with Crippen LogP contribution in [-0.2, 0) is 26.2 Å². The van der Waals surface area contributed by atoms with E-state index in [1.807, 2.05) is 194 Å². The number of hydrogen-bond acceptors (Lipinski definition) is 17. The fraction of sp³-hybridized carbons (Fsp3) is 0.353. The van der Waals surface area contributed by atoms with Gasteiger partial charge in [0.2, 0.25) is 0 Å². The summed E-state index contributed by atoms with van der Waals surface area (Å²) in [5.41, 5.74) is 8.03. The Labute approximate surface area is 522 Å². The molecule has 0 fully saturated rings. The average Bonchev–Trinajstić information content (AvgIpc) is 3.65. The van der Waals surface area contributed by atoms with Gasteiger partial charge in [0.15, 0.2) is 24.8 Å². The molecule has 0 saturated carbocycles. The lowest BCUT2D eigenvalue weighted by molar-refractivity contribution is -0.697. The van der Waals surface area contributed by atoms with E-state index in [2.05, 4.69) is 70.7 Å². The van der Waals surface area contributed by atoms with Gasteiger partial charge in [-0.25, -0.2) is 18.3 Å². The Morgan fingerprint density at radius 2 is 0.854 bits per heavy atom. The highest BCUT2D eigenvalue weighted by Gasteiger charge is 2.14. The lowest BCUT2D eigenvalue weighted by Gasteiger charge is -2.22. The van der Waals surface area contributed by atoms with Gasteiger partial charge in [-0.2, -0.15) is 5.11 Å². The number of unbranched alkanes of at least 4 members (excludes halogenated alkanes) is 6. The van der Waals surface area contributed by atoms with Crippen LogP contribution in [0.4, 0.5) is 62.8 Å². The predicted molar refractivity (Wildman–Crippen MR) is 346 cm³/mol. The van der Waals surface area contributed by atoms with Crippen molar-refractivity contribution < 1.29 is 48.5 Å². The Morgan fingerprint density at radius 1 is 0.438 bits per heavy atom. The SMILES string of the molecule is CCNc1cc(O)c(N=Nc2ccc[n+](CCCCCC[n+]3ccccc3N=Nc3ccc(N(CCO)CCO)cc3)c2)cc1C.COc1ccc(N=Nc2ccc[n+](CCCCCC[n+]3ccccc3N=Nc3ccc(N(CCO)CCO)cc3)c2)cc1. The number of azo groups is 4. The monoisotopic (exact) mass is 1210 g/mol. The molecule has 21 heteroatoms. The van der Waals surface area contributed by atoms with Gasteiger partial charge in [0.05, 0.1) is 74.9 Å². The molecule has 4 aromatic heterocycles. The van der Waals surface area contributed by atoms with E-state index < -0.39 is 0 Å². The number of aromatic hydroxyl groups is 1. The quantitative estimate of drug-likeness (QED) is 0.0126. The zero-order valence-corrected chi connectivity index (χ0v) is 51.6. The Balaban J connectivity index is 0.000000254. The van der Waals surface area contributed by atoms with Crippen molar-refractivity contribution in [3.05, 3.63) is 188 Å². The van der Waals surface area contributed by atoms with Crippen LogP contribution >= 0.6 is 0 Å². The van der Waals surface area contributed by atoms with E-state index >= 15 is 0 Å². The van der Waals surface area contributed by atoms with Crippen LogP contribution in [0.25, 0.3) is 0 Å². The van der Waals surface area contributed by atoms with Crippen LogP contribution < -0.4 is 38.1 Å². The third-order valence-electron chi connectivity index (χ3n) is 14.4. The van der Waals surface area contributed by atoms with Crippen molar-refractivity contribution in [3.63, 3.8) is 0 Å². The second-order valence-corrected chi connectivity index (χ2v) is 21.0. The van der Waals surface area contributed by atoms with Crippen LogP contribution in [0.3, 0.4) is 0 Å². The molecule has 8 rings (SSSR count). The number of aryl methyl sites for hydroxylation is 5. The van der Waals surface area contributed by atoms with Gasteiger partial charge in [-0.15, -0.1) is 15.3 Å². The van der Waals surface area contributed by atoms with Crippen molar-refractivity contribution >= 4 is 62.8 Å². The van der Waals surface area contributed by atoms with Crippen LogP contribution in [0.1, 0.15) is 63.9 Å². The van der Waals surface area contributed by atoms with E-state index in [-0.39, 0.29) is 32.2 Å². The molecule has 21 nitrogen and oxygen atoms in total. The number of anilines is 3. The number of aliphatic hydroxyl groups excluding tert-OH is 4. The van der Waals surface area contributed by atoms with Gasteiger partial charge in [0, 0.05) is 93.0 Å². The fourth-order valence-electron chi connectivity index (χ4n) is 9.69. The minimum absolute atomic E-state index is 0.0248. The van der Waals surface area contributed by atoms with Gasteiger partial charge in [0.1, 0.15) is 53.0 Å². The number of phenolic OH excluding ortho intramolecular Hbond substituents is 1. The van der Waals surface area contributed by atoms with E-state index in [1.54, 1.807) is 13.2 Å². The molecule has 4 aromatic carbocycles. The van der Waals surface area contributed by atoms with Crippen molar-refractivity contribution in [2.24, 2.45) is 40.9 Å². The first-order valence-electron chi connectivity index (χ1n) is 30.7. The van der Waals surface area contributed by atoms with E-state index in [1.165, 1.54) is 0 Å². The number of phenols is 1. The van der Waals surface area contributed by atoms with E-state index in [0.29, 0.717) is 31.9 Å². The Hall–Kier alpha value is -9.28. The molecule has 0 aliphatic rings. The summed E-state index contributed by atoms with van der Waals surface area (Å²) in [5.74, 6) is 2.51. The maximum absolute atomic E-state index is 10.4. The normalized spacial score (nSPS) is 11.4. The first-order chi connectivity index (χ1) is 43.7. The van der Waals surface area contributed by atoms with Crippen LogP contribution in [0.15, 0.2) is 224 Å². The minimum Gasteiger partial charge on any atom is -0.506 e. The molecule has 0 amide bonds. The number of nitrogens with one attached hydrogen (secondary N) is 1. The summed E-state index contributed by atoms with van der Waals surface area (Å²) in [4.78, 5) is 3.86. The van der Waals surface area contributed by atoms with Crippen molar-refractivity contribution in [1.29, 1.82) is 0 Å². The fourth-order valence-corrected chi connectivity index (χ4v) is 9.69. The maximum Gasteiger partial charge on any atom is 0.350 e. The molecular weight excluding hydrogens is 1120 g/mol. The van der Waals surface area contributed by atoms with E-state index in [9.17, 15) is 25.5 Å². The van der Waals surface area contributed by atoms with Gasteiger partial charge in [-0.3, -0.25) is 0 Å². The predicted octanol–water partition coefficient (Wildman–Crippen LogP) is 12.7. The third kappa shape index (κ3) is 23.1. The number of hydrogen-bond donors (Lipinski definition) is 6. The Morgan fingerprint density at radius 3 is 1.29 bits per heavy atom. The highest BCUT2D eigenvalue weighted by molar-refractivity contribution is 5.64. The molecule has 6 N–H and O–H groups in total. The van der Waals surface area contributed by atoms with Gasteiger partial charge in [0.25, 0.3) is 0 Å². The number of pyridine rings is 4. The second-order valence-electron chi connectivity index (χ2n) is 21.0. The molecule has 0 saturated heterocycles. The van der Waals surface area contributed by atoms with Crippen molar-refractivity contribution in [2.75, 3.05) is 81.4 Å². The van der Waals surface area contributed by atoms with Crippen molar-refractivity contribution in [3.8, 4) is 11.5 Å². The topological polar surface area (TPSA) is 243 Å². The molecule has 0 atom stereocenters. The number of nitrogens with zero attached hydrogens (tertiary/aromatic N) is 14. The summed E-state index contributed by atoms with van der Waals surface area (Å²) in [5, 5.41) is 85.9. The first kappa shape index (κ1) is 67.2. The molecule has 0 radical (unpaired) electrons. The summed E-state index contributed by atoms with van der Waals surface area (Å²) in [7, 11) is 1.64. The molecule has 466 valence electrons. The lowest BCUT2D eigenvalue weighted by Crippen LogP contribution is -2.33.